The lowest BCUT2D eigenvalue weighted by Crippen LogP contribution is -2.34. The molecule has 5 heteroatoms. The van der Waals surface area contributed by atoms with E-state index in [-0.39, 0.29) is 16.7 Å². The Balaban J connectivity index is 1.80. The minimum atomic E-state index is -4.21. The Hall–Kier alpha value is -0.680. The van der Waals surface area contributed by atoms with Crippen molar-refractivity contribution in [1.29, 1.82) is 0 Å². The van der Waals surface area contributed by atoms with E-state index in [1.807, 2.05) is 0 Å². The van der Waals surface area contributed by atoms with Crippen LogP contribution in [0.25, 0.3) is 0 Å². The van der Waals surface area contributed by atoms with Gasteiger partial charge in [0.05, 0.1) is 0 Å². The van der Waals surface area contributed by atoms with Crippen LogP contribution < -0.4 is 5.32 Å². The van der Waals surface area contributed by atoms with Gasteiger partial charge in [0.1, 0.15) is 0 Å². The zero-order valence-electron chi connectivity index (χ0n) is 12.2. The van der Waals surface area contributed by atoms with E-state index in [0.717, 1.165) is 11.5 Å². The summed E-state index contributed by atoms with van der Waals surface area (Å²) in [6.45, 7) is 2.93. The predicted molar refractivity (Wildman–Crippen MR) is 81.2 cm³/mol. The van der Waals surface area contributed by atoms with Crippen LogP contribution in [0, 0.1) is 5.92 Å². The molecule has 1 aliphatic rings. The SMILES string of the molecule is C[C@H](NCc1ccc(SC(F)(F)F)cc1)C1CCCCC1. The van der Waals surface area contributed by atoms with Gasteiger partial charge in [0.15, 0.2) is 0 Å². The summed E-state index contributed by atoms with van der Waals surface area (Å²) in [5.74, 6) is 0.735. The monoisotopic (exact) mass is 317 g/mol. The summed E-state index contributed by atoms with van der Waals surface area (Å²) in [6.07, 6.45) is 6.56. The van der Waals surface area contributed by atoms with Gasteiger partial charge in [-0.15, -0.1) is 0 Å². The van der Waals surface area contributed by atoms with Crippen molar-refractivity contribution in [2.24, 2.45) is 5.92 Å². The standard InChI is InChI=1S/C16H22F3NS/c1-12(14-5-3-2-4-6-14)20-11-13-7-9-15(10-8-13)21-16(17,18)19/h7-10,12,14,20H,2-6,11H2,1H3/t12-/m0/s1. The molecule has 0 spiro atoms. The summed E-state index contributed by atoms with van der Waals surface area (Å²) in [6, 6.07) is 7.10. The third kappa shape index (κ3) is 5.91. The van der Waals surface area contributed by atoms with Crippen molar-refractivity contribution in [3.8, 4) is 0 Å². The molecule has 0 bridgehead atoms. The highest BCUT2D eigenvalue weighted by molar-refractivity contribution is 8.00. The highest BCUT2D eigenvalue weighted by atomic mass is 32.2. The van der Waals surface area contributed by atoms with Crippen molar-refractivity contribution in [3.63, 3.8) is 0 Å². The van der Waals surface area contributed by atoms with Gasteiger partial charge in [0, 0.05) is 17.5 Å². The van der Waals surface area contributed by atoms with E-state index in [1.165, 1.54) is 32.1 Å². The highest BCUT2D eigenvalue weighted by Crippen LogP contribution is 2.36. The largest absolute Gasteiger partial charge is 0.446 e. The van der Waals surface area contributed by atoms with Gasteiger partial charge in [-0.2, -0.15) is 13.2 Å². The predicted octanol–water partition coefficient (Wildman–Crippen LogP) is 5.36. The fraction of sp³-hybridized carbons (Fsp3) is 0.625. The van der Waals surface area contributed by atoms with Gasteiger partial charge >= 0.3 is 5.51 Å². The van der Waals surface area contributed by atoms with Crippen LogP contribution in [0.5, 0.6) is 0 Å². The third-order valence-corrected chi connectivity index (χ3v) is 4.88. The summed E-state index contributed by atoms with van der Waals surface area (Å²) in [4.78, 5) is 0.242. The molecule has 1 aliphatic carbocycles. The lowest BCUT2D eigenvalue weighted by molar-refractivity contribution is -0.0328. The summed E-state index contributed by atoms with van der Waals surface area (Å²) in [5, 5.41) is 3.51. The van der Waals surface area contributed by atoms with Crippen LogP contribution >= 0.6 is 11.8 Å². The molecule has 0 amide bonds. The molecule has 118 valence electrons. The van der Waals surface area contributed by atoms with E-state index in [4.69, 9.17) is 0 Å². The fourth-order valence-corrected chi connectivity index (χ4v) is 3.43. The van der Waals surface area contributed by atoms with Crippen molar-refractivity contribution in [3.05, 3.63) is 29.8 Å². The second-order valence-electron chi connectivity index (χ2n) is 5.76. The molecule has 1 fully saturated rings. The lowest BCUT2D eigenvalue weighted by atomic mass is 9.84. The van der Waals surface area contributed by atoms with E-state index in [9.17, 15) is 13.2 Å². The molecule has 0 heterocycles. The molecule has 1 saturated carbocycles. The summed E-state index contributed by atoms with van der Waals surface area (Å²) >= 11 is -0.0639. The smallest absolute Gasteiger partial charge is 0.310 e. The molecule has 2 rings (SSSR count). The average molecular weight is 317 g/mol. The lowest BCUT2D eigenvalue weighted by Gasteiger charge is -2.28. The quantitative estimate of drug-likeness (QED) is 0.734. The zero-order chi connectivity index (χ0) is 15.3. The van der Waals surface area contributed by atoms with E-state index in [2.05, 4.69) is 12.2 Å². The molecule has 0 aromatic heterocycles. The average Bonchev–Trinajstić information content (AvgIpc) is 2.45. The van der Waals surface area contributed by atoms with Gasteiger partial charge in [-0.3, -0.25) is 0 Å². The van der Waals surface area contributed by atoms with Gasteiger partial charge in [0.2, 0.25) is 0 Å². The maximum absolute atomic E-state index is 12.3. The number of hydrogen-bond acceptors (Lipinski definition) is 2. The molecule has 0 aliphatic heterocycles. The maximum atomic E-state index is 12.3. The van der Waals surface area contributed by atoms with E-state index < -0.39 is 5.51 Å². The van der Waals surface area contributed by atoms with E-state index in [0.29, 0.717) is 12.6 Å². The van der Waals surface area contributed by atoms with Gasteiger partial charge < -0.3 is 5.32 Å². The molecule has 0 saturated heterocycles. The number of halogens is 3. The number of rotatable bonds is 5. The van der Waals surface area contributed by atoms with Crippen molar-refractivity contribution in [1.82, 2.24) is 5.32 Å². The third-order valence-electron chi connectivity index (χ3n) is 4.14. The van der Waals surface area contributed by atoms with Gasteiger partial charge in [-0.25, -0.2) is 0 Å². The number of alkyl halides is 3. The Kier molecular flexibility index (Phi) is 5.99. The summed E-state index contributed by atoms with van der Waals surface area (Å²) < 4.78 is 36.8. The van der Waals surface area contributed by atoms with Crippen LogP contribution in [-0.2, 0) is 6.54 Å². The molecule has 1 aromatic carbocycles. The van der Waals surface area contributed by atoms with E-state index in [1.54, 1.807) is 24.3 Å². The molecule has 0 radical (unpaired) electrons. The molecule has 0 unspecified atom stereocenters. The van der Waals surface area contributed by atoms with E-state index >= 15 is 0 Å². The maximum Gasteiger partial charge on any atom is 0.446 e. The van der Waals surface area contributed by atoms with Crippen LogP contribution in [-0.4, -0.2) is 11.6 Å². The number of benzene rings is 1. The van der Waals surface area contributed by atoms with Crippen molar-refractivity contribution >= 4 is 11.8 Å². The summed E-state index contributed by atoms with van der Waals surface area (Å²) in [7, 11) is 0. The Morgan fingerprint density at radius 2 is 1.76 bits per heavy atom. The second-order valence-corrected chi connectivity index (χ2v) is 6.90. The topological polar surface area (TPSA) is 12.0 Å². The van der Waals surface area contributed by atoms with Crippen LogP contribution in [0.4, 0.5) is 13.2 Å². The first-order chi connectivity index (χ1) is 9.94. The van der Waals surface area contributed by atoms with Crippen LogP contribution in [0.15, 0.2) is 29.2 Å². The van der Waals surface area contributed by atoms with Crippen LogP contribution in [0.2, 0.25) is 0 Å². The normalized spacial score (nSPS) is 18.7. The highest BCUT2D eigenvalue weighted by Gasteiger charge is 2.29. The van der Waals surface area contributed by atoms with Gasteiger partial charge in [-0.05, 0) is 55.1 Å². The summed E-state index contributed by atoms with van der Waals surface area (Å²) in [5.41, 5.74) is -3.18. The van der Waals surface area contributed by atoms with Gasteiger partial charge in [0.25, 0.3) is 0 Å². The van der Waals surface area contributed by atoms with Crippen LogP contribution in [0.1, 0.15) is 44.6 Å². The molecule has 1 N–H and O–H groups in total. The molecular weight excluding hydrogens is 295 g/mol. The second kappa shape index (κ2) is 7.54. The first-order valence-electron chi connectivity index (χ1n) is 7.52. The minimum absolute atomic E-state index is 0.0639. The number of hydrogen-bond donors (Lipinski definition) is 1. The Labute approximate surface area is 128 Å². The molecule has 1 aromatic rings. The van der Waals surface area contributed by atoms with Crippen molar-refractivity contribution in [2.75, 3.05) is 0 Å². The fourth-order valence-electron chi connectivity index (χ4n) is 2.89. The number of thioether (sulfide) groups is 1. The molecule has 1 atom stereocenters. The molecule has 1 nitrogen and oxygen atoms in total. The molecule has 21 heavy (non-hydrogen) atoms. The minimum Gasteiger partial charge on any atom is -0.310 e. The first kappa shape index (κ1) is 16.7. The zero-order valence-corrected chi connectivity index (χ0v) is 13.1. The van der Waals surface area contributed by atoms with Crippen molar-refractivity contribution < 1.29 is 13.2 Å². The Bertz CT molecular complexity index is 424. The first-order valence-corrected chi connectivity index (χ1v) is 8.34. The Morgan fingerprint density at radius 1 is 1.14 bits per heavy atom. The Morgan fingerprint density at radius 3 is 2.33 bits per heavy atom. The van der Waals surface area contributed by atoms with Crippen molar-refractivity contribution in [2.45, 2.75) is 62.0 Å². The number of nitrogens with one attached hydrogen (secondary N) is 1. The van der Waals surface area contributed by atoms with Crippen LogP contribution in [0.3, 0.4) is 0 Å². The van der Waals surface area contributed by atoms with Gasteiger partial charge in [-0.1, -0.05) is 31.4 Å². The molecular formula is C16H22F3NS.